The number of esters is 1. The van der Waals surface area contributed by atoms with Gasteiger partial charge in [-0.3, -0.25) is 0 Å². The van der Waals surface area contributed by atoms with E-state index in [1.807, 2.05) is 6.92 Å². The highest BCUT2D eigenvalue weighted by molar-refractivity contribution is 7.15. The maximum atomic E-state index is 12.0. The van der Waals surface area contributed by atoms with Gasteiger partial charge >= 0.3 is 5.97 Å². The molecule has 1 fully saturated rings. The number of rotatable bonds is 4. The summed E-state index contributed by atoms with van der Waals surface area (Å²) in [6.45, 7) is 6.63. The van der Waals surface area contributed by atoms with Gasteiger partial charge < -0.3 is 10.5 Å². The highest BCUT2D eigenvalue weighted by Gasteiger charge is 2.36. The Labute approximate surface area is 119 Å². The largest absolute Gasteiger partial charge is 0.462 e. The summed E-state index contributed by atoms with van der Waals surface area (Å²) in [5, 5.41) is 0. The fourth-order valence-electron chi connectivity index (χ4n) is 3.05. The summed E-state index contributed by atoms with van der Waals surface area (Å²) in [6, 6.07) is 0. The van der Waals surface area contributed by atoms with E-state index in [-0.39, 0.29) is 11.4 Å². The Morgan fingerprint density at radius 3 is 2.53 bits per heavy atom. The van der Waals surface area contributed by atoms with Crippen LogP contribution in [0.4, 0.5) is 5.69 Å². The lowest BCUT2D eigenvalue weighted by Crippen LogP contribution is -2.16. The van der Waals surface area contributed by atoms with E-state index in [9.17, 15) is 4.79 Å². The fourth-order valence-corrected chi connectivity index (χ4v) is 4.45. The minimum Gasteiger partial charge on any atom is -0.462 e. The number of thiophene rings is 1. The Morgan fingerprint density at radius 1 is 1.37 bits per heavy atom. The van der Waals surface area contributed by atoms with Gasteiger partial charge in [-0.05, 0) is 31.7 Å². The van der Waals surface area contributed by atoms with Crippen molar-refractivity contribution >= 4 is 23.0 Å². The van der Waals surface area contributed by atoms with Gasteiger partial charge in [0.15, 0.2) is 0 Å². The number of carbonyl (C=O) groups excluding carboxylic acids is 1. The number of hydrogen-bond donors (Lipinski definition) is 1. The highest BCUT2D eigenvalue weighted by Crippen LogP contribution is 2.48. The second-order valence-electron chi connectivity index (χ2n) is 5.49. The van der Waals surface area contributed by atoms with Crippen molar-refractivity contribution in [3.05, 3.63) is 15.3 Å². The molecule has 0 spiro atoms. The minimum absolute atomic E-state index is 0.203. The third-order valence-corrected chi connectivity index (χ3v) is 5.65. The molecule has 0 unspecified atom stereocenters. The number of nitrogen functional groups attached to an aromatic ring is 1. The van der Waals surface area contributed by atoms with Gasteiger partial charge in [0.2, 0.25) is 0 Å². The van der Waals surface area contributed by atoms with Crippen molar-refractivity contribution in [2.75, 3.05) is 12.3 Å². The van der Waals surface area contributed by atoms with Crippen molar-refractivity contribution in [3.8, 4) is 0 Å². The molecule has 2 rings (SSSR count). The first-order valence-corrected chi connectivity index (χ1v) is 7.94. The van der Waals surface area contributed by atoms with Gasteiger partial charge in [-0.15, -0.1) is 11.3 Å². The Balaban J connectivity index is 2.44. The van der Waals surface area contributed by atoms with Gasteiger partial charge in [-0.2, -0.15) is 0 Å². The van der Waals surface area contributed by atoms with Crippen molar-refractivity contribution in [1.29, 1.82) is 0 Å². The van der Waals surface area contributed by atoms with Crippen molar-refractivity contribution in [2.45, 2.75) is 58.3 Å². The van der Waals surface area contributed by atoms with E-state index in [0.29, 0.717) is 17.2 Å². The van der Waals surface area contributed by atoms with E-state index in [0.717, 1.165) is 12.0 Å². The smallest absolute Gasteiger partial charge is 0.350 e. The third kappa shape index (κ3) is 2.50. The molecule has 0 radical (unpaired) electrons. The summed E-state index contributed by atoms with van der Waals surface area (Å²) in [6.07, 6.45) is 5.81. The molecule has 4 heteroatoms. The molecule has 0 atom stereocenters. The van der Waals surface area contributed by atoms with Crippen LogP contribution in [-0.2, 0) is 16.6 Å². The van der Waals surface area contributed by atoms with Gasteiger partial charge in [-0.25, -0.2) is 4.79 Å². The molecule has 1 aromatic heterocycles. The maximum Gasteiger partial charge on any atom is 0.350 e. The molecule has 19 heavy (non-hydrogen) atoms. The Hall–Kier alpha value is -1.03. The second kappa shape index (κ2) is 5.53. The standard InChI is InChI=1S/C15H23NO2S/c1-4-10-11(16)12(14(17)18-5-2)19-13(10)15(3)8-6-7-9-15/h4-9,16H2,1-3H3. The number of ether oxygens (including phenoxy) is 1. The Bertz CT molecular complexity index is 473. The van der Waals surface area contributed by atoms with Crippen molar-refractivity contribution < 1.29 is 9.53 Å². The first kappa shape index (κ1) is 14.4. The molecule has 0 saturated heterocycles. The van der Waals surface area contributed by atoms with Crippen LogP contribution < -0.4 is 5.73 Å². The molecule has 3 nitrogen and oxygen atoms in total. The van der Waals surface area contributed by atoms with Crippen LogP contribution in [0.1, 0.15) is 66.6 Å². The summed E-state index contributed by atoms with van der Waals surface area (Å²) in [5.41, 5.74) is 8.20. The van der Waals surface area contributed by atoms with E-state index < -0.39 is 0 Å². The predicted octanol–water partition coefficient (Wildman–Crippen LogP) is 3.90. The lowest BCUT2D eigenvalue weighted by atomic mass is 9.84. The quantitative estimate of drug-likeness (QED) is 0.852. The molecule has 1 aliphatic rings. The van der Waals surface area contributed by atoms with Gasteiger partial charge in [0.05, 0.1) is 12.3 Å². The van der Waals surface area contributed by atoms with Crippen LogP contribution in [0.5, 0.6) is 0 Å². The van der Waals surface area contributed by atoms with Gasteiger partial charge in [-0.1, -0.05) is 26.7 Å². The van der Waals surface area contributed by atoms with Gasteiger partial charge in [0.1, 0.15) is 4.88 Å². The summed E-state index contributed by atoms with van der Waals surface area (Å²) >= 11 is 1.56. The SMILES string of the molecule is CCOC(=O)c1sc(C2(C)CCCC2)c(CC)c1N. The lowest BCUT2D eigenvalue weighted by molar-refractivity contribution is 0.0533. The van der Waals surface area contributed by atoms with E-state index in [4.69, 9.17) is 10.5 Å². The summed E-state index contributed by atoms with van der Waals surface area (Å²) in [4.78, 5) is 13.9. The molecule has 1 aromatic rings. The Morgan fingerprint density at radius 2 is 2.00 bits per heavy atom. The van der Waals surface area contributed by atoms with Gasteiger partial charge in [0, 0.05) is 10.3 Å². The second-order valence-corrected chi connectivity index (χ2v) is 6.51. The molecule has 0 aliphatic heterocycles. The van der Waals surface area contributed by atoms with E-state index in [1.165, 1.54) is 30.6 Å². The normalized spacial score (nSPS) is 17.6. The highest BCUT2D eigenvalue weighted by atomic mass is 32.1. The average Bonchev–Trinajstić information content (AvgIpc) is 2.94. The van der Waals surface area contributed by atoms with E-state index >= 15 is 0 Å². The molecule has 106 valence electrons. The maximum absolute atomic E-state index is 12.0. The van der Waals surface area contributed by atoms with Gasteiger partial charge in [0.25, 0.3) is 0 Å². The summed E-state index contributed by atoms with van der Waals surface area (Å²) in [5.74, 6) is -0.271. The number of hydrogen-bond acceptors (Lipinski definition) is 4. The first-order valence-electron chi connectivity index (χ1n) is 7.12. The Kier molecular flexibility index (Phi) is 4.19. The average molecular weight is 281 g/mol. The van der Waals surface area contributed by atoms with Crippen LogP contribution >= 0.6 is 11.3 Å². The van der Waals surface area contributed by atoms with Crippen LogP contribution in [0.2, 0.25) is 0 Å². The zero-order valence-corrected chi connectivity index (χ0v) is 12.9. The van der Waals surface area contributed by atoms with Crippen LogP contribution in [-0.4, -0.2) is 12.6 Å². The molecular weight excluding hydrogens is 258 g/mol. The van der Waals surface area contributed by atoms with Crippen LogP contribution in [0.25, 0.3) is 0 Å². The van der Waals surface area contributed by atoms with E-state index in [2.05, 4.69) is 13.8 Å². The molecule has 0 aromatic carbocycles. The molecular formula is C15H23NO2S. The predicted molar refractivity (Wildman–Crippen MR) is 79.9 cm³/mol. The molecule has 0 bridgehead atoms. The van der Waals surface area contributed by atoms with E-state index in [1.54, 1.807) is 11.3 Å². The monoisotopic (exact) mass is 281 g/mol. The first-order chi connectivity index (χ1) is 9.03. The van der Waals surface area contributed by atoms with Crippen molar-refractivity contribution in [2.24, 2.45) is 0 Å². The minimum atomic E-state index is -0.271. The van der Waals surface area contributed by atoms with Crippen LogP contribution in [0.15, 0.2) is 0 Å². The number of anilines is 1. The topological polar surface area (TPSA) is 52.3 Å². The molecule has 1 aliphatic carbocycles. The molecule has 1 heterocycles. The van der Waals surface area contributed by atoms with Crippen molar-refractivity contribution in [1.82, 2.24) is 0 Å². The van der Waals surface area contributed by atoms with Crippen molar-refractivity contribution in [3.63, 3.8) is 0 Å². The zero-order chi connectivity index (χ0) is 14.0. The number of carbonyl (C=O) groups is 1. The zero-order valence-electron chi connectivity index (χ0n) is 12.0. The summed E-state index contributed by atoms with van der Waals surface area (Å²) in [7, 11) is 0. The fraction of sp³-hybridized carbons (Fsp3) is 0.667. The lowest BCUT2D eigenvalue weighted by Gasteiger charge is -2.23. The molecule has 2 N–H and O–H groups in total. The number of nitrogens with two attached hydrogens (primary N) is 1. The molecule has 0 amide bonds. The van der Waals surface area contributed by atoms with Crippen LogP contribution in [0, 0.1) is 0 Å². The van der Waals surface area contributed by atoms with Crippen LogP contribution in [0.3, 0.4) is 0 Å². The summed E-state index contributed by atoms with van der Waals surface area (Å²) < 4.78 is 5.11. The molecule has 1 saturated carbocycles. The third-order valence-electron chi connectivity index (χ3n) is 4.12.